The number of amides is 2. The summed E-state index contributed by atoms with van der Waals surface area (Å²) >= 11 is 12.4. The van der Waals surface area contributed by atoms with Crippen molar-refractivity contribution in [1.82, 2.24) is 26.0 Å². The number of urea groups is 1. The number of halogens is 3. The van der Waals surface area contributed by atoms with Gasteiger partial charge >= 0.3 is 6.03 Å². The van der Waals surface area contributed by atoms with E-state index in [2.05, 4.69) is 26.0 Å². The maximum atomic E-state index is 11.5. The molecule has 2 amide bonds. The van der Waals surface area contributed by atoms with Gasteiger partial charge in [-0.1, -0.05) is 29.3 Å². The number of carbonyl (C=O) groups excluding carboxylic acids is 1. The van der Waals surface area contributed by atoms with Crippen LogP contribution in [0, 0.1) is 5.41 Å². The van der Waals surface area contributed by atoms with Gasteiger partial charge in [0.25, 0.3) is 0 Å². The molecule has 8 nitrogen and oxygen atoms in total. The maximum Gasteiger partial charge on any atom is 0.321 e. The molecule has 1 aromatic heterocycles. The number of nitrogens with one attached hydrogen (secondary N) is 3. The molecule has 0 saturated heterocycles. The van der Waals surface area contributed by atoms with Crippen molar-refractivity contribution >= 4 is 53.3 Å². The SMILES string of the molecule is CNC(=O)NC(=N)N(Cc1ccnnn1)c1c(Cl)cccc1Cl.Cl. The highest BCUT2D eigenvalue weighted by Gasteiger charge is 2.21. The first kappa shape index (κ1) is 19.9. The van der Waals surface area contributed by atoms with E-state index in [4.69, 9.17) is 28.6 Å². The number of nitrogens with zero attached hydrogens (tertiary/aromatic N) is 4. The van der Waals surface area contributed by atoms with Gasteiger partial charge in [-0.05, 0) is 23.4 Å². The molecule has 0 saturated carbocycles. The number of aromatic nitrogens is 3. The van der Waals surface area contributed by atoms with E-state index in [0.29, 0.717) is 21.4 Å². The number of hydrogen-bond acceptors (Lipinski definition) is 5. The lowest BCUT2D eigenvalue weighted by atomic mass is 10.2. The van der Waals surface area contributed by atoms with Gasteiger partial charge in [0, 0.05) is 7.05 Å². The van der Waals surface area contributed by atoms with E-state index in [1.54, 1.807) is 24.3 Å². The Morgan fingerprint density at radius 3 is 2.50 bits per heavy atom. The second kappa shape index (κ2) is 9.21. The fourth-order valence-electron chi connectivity index (χ4n) is 1.77. The Morgan fingerprint density at radius 2 is 1.96 bits per heavy atom. The van der Waals surface area contributed by atoms with Crippen LogP contribution in [0.25, 0.3) is 0 Å². The van der Waals surface area contributed by atoms with E-state index in [9.17, 15) is 4.79 Å². The largest absolute Gasteiger partial charge is 0.341 e. The summed E-state index contributed by atoms with van der Waals surface area (Å²) in [6, 6.07) is 6.07. The Bertz CT molecular complexity index is 694. The summed E-state index contributed by atoms with van der Waals surface area (Å²) in [5, 5.41) is 24.6. The Balaban J connectivity index is 0.00000288. The molecule has 0 bridgehead atoms. The van der Waals surface area contributed by atoms with Gasteiger partial charge in [0.1, 0.15) is 0 Å². The summed E-state index contributed by atoms with van der Waals surface area (Å²) in [4.78, 5) is 12.9. The summed E-state index contributed by atoms with van der Waals surface area (Å²) in [5.41, 5.74) is 0.912. The van der Waals surface area contributed by atoms with Crippen LogP contribution in [0.15, 0.2) is 30.5 Å². The van der Waals surface area contributed by atoms with Crippen LogP contribution in [0.4, 0.5) is 10.5 Å². The third-order valence-corrected chi connectivity index (χ3v) is 3.42. The molecule has 0 aliphatic heterocycles. The Labute approximate surface area is 154 Å². The molecule has 11 heteroatoms. The van der Waals surface area contributed by atoms with E-state index < -0.39 is 6.03 Å². The molecule has 0 spiro atoms. The van der Waals surface area contributed by atoms with E-state index in [1.807, 2.05) is 0 Å². The first-order valence-electron chi connectivity index (χ1n) is 6.45. The molecule has 0 unspecified atom stereocenters. The van der Waals surface area contributed by atoms with Crippen LogP contribution in [-0.2, 0) is 6.54 Å². The third-order valence-electron chi connectivity index (χ3n) is 2.81. The van der Waals surface area contributed by atoms with Crippen LogP contribution < -0.4 is 15.5 Å². The zero-order chi connectivity index (χ0) is 16.8. The van der Waals surface area contributed by atoms with Gasteiger partial charge < -0.3 is 10.2 Å². The molecule has 1 aromatic carbocycles. The van der Waals surface area contributed by atoms with Gasteiger partial charge in [0.15, 0.2) is 0 Å². The number of carbonyl (C=O) groups is 1. The predicted molar refractivity (Wildman–Crippen MR) is 95.0 cm³/mol. The minimum Gasteiger partial charge on any atom is -0.341 e. The van der Waals surface area contributed by atoms with Crippen LogP contribution in [0.3, 0.4) is 0 Å². The zero-order valence-corrected chi connectivity index (χ0v) is 14.8. The van der Waals surface area contributed by atoms with Crippen LogP contribution in [-0.4, -0.2) is 34.4 Å². The monoisotopic (exact) mass is 389 g/mol. The minimum absolute atomic E-state index is 0. The van der Waals surface area contributed by atoms with Crippen molar-refractivity contribution in [1.29, 1.82) is 5.41 Å². The van der Waals surface area contributed by atoms with Crippen molar-refractivity contribution in [3.63, 3.8) is 0 Å². The highest BCUT2D eigenvalue weighted by Crippen LogP contribution is 2.34. The summed E-state index contributed by atoms with van der Waals surface area (Å²) in [5.74, 6) is -0.210. The van der Waals surface area contributed by atoms with E-state index in [1.165, 1.54) is 18.1 Å². The third kappa shape index (κ3) is 4.92. The average molecular weight is 391 g/mol. The van der Waals surface area contributed by atoms with Gasteiger partial charge in [0.05, 0.1) is 34.2 Å². The number of guanidine groups is 1. The molecule has 2 aromatic rings. The molecule has 2 rings (SSSR count). The molecule has 0 aliphatic rings. The molecule has 0 atom stereocenters. The summed E-state index contributed by atoms with van der Waals surface area (Å²) in [7, 11) is 1.45. The normalized spacial score (nSPS) is 9.62. The quantitative estimate of drug-likeness (QED) is 0.551. The van der Waals surface area contributed by atoms with Crippen molar-refractivity contribution in [3.8, 4) is 0 Å². The van der Waals surface area contributed by atoms with E-state index >= 15 is 0 Å². The lowest BCUT2D eigenvalue weighted by molar-refractivity contribution is 0.247. The van der Waals surface area contributed by atoms with Gasteiger partial charge in [-0.2, -0.15) is 0 Å². The molecule has 128 valence electrons. The van der Waals surface area contributed by atoms with E-state index in [0.717, 1.165) is 0 Å². The Hall–Kier alpha value is -2.16. The van der Waals surface area contributed by atoms with Gasteiger partial charge in [0.2, 0.25) is 5.96 Å². The smallest absolute Gasteiger partial charge is 0.321 e. The number of para-hydroxylation sites is 1. The van der Waals surface area contributed by atoms with Gasteiger partial charge in [-0.25, -0.2) is 4.79 Å². The molecule has 1 heterocycles. The molecular weight excluding hydrogens is 377 g/mol. The van der Waals surface area contributed by atoms with E-state index in [-0.39, 0.29) is 24.9 Å². The molecule has 3 N–H and O–H groups in total. The second-order valence-electron chi connectivity index (χ2n) is 4.32. The second-order valence-corrected chi connectivity index (χ2v) is 5.14. The predicted octanol–water partition coefficient (Wildman–Crippen LogP) is 2.47. The van der Waals surface area contributed by atoms with Crippen LogP contribution in [0.5, 0.6) is 0 Å². The number of rotatable bonds is 3. The molecule has 24 heavy (non-hydrogen) atoms. The van der Waals surface area contributed by atoms with Crippen LogP contribution in [0.1, 0.15) is 5.69 Å². The van der Waals surface area contributed by atoms with Crippen molar-refractivity contribution in [2.45, 2.75) is 6.54 Å². The number of benzene rings is 1. The van der Waals surface area contributed by atoms with Crippen molar-refractivity contribution in [3.05, 3.63) is 46.2 Å². The lowest BCUT2D eigenvalue weighted by Gasteiger charge is -2.26. The first-order chi connectivity index (χ1) is 11.0. The highest BCUT2D eigenvalue weighted by molar-refractivity contribution is 6.40. The minimum atomic E-state index is -0.538. The fraction of sp³-hybridized carbons (Fsp3) is 0.154. The Morgan fingerprint density at radius 1 is 1.29 bits per heavy atom. The maximum absolute atomic E-state index is 11.5. The Kier molecular flexibility index (Phi) is 7.63. The van der Waals surface area contributed by atoms with Crippen molar-refractivity contribution in [2.24, 2.45) is 0 Å². The zero-order valence-electron chi connectivity index (χ0n) is 12.5. The fourth-order valence-corrected chi connectivity index (χ4v) is 2.37. The summed E-state index contributed by atoms with van der Waals surface area (Å²) < 4.78 is 0. The van der Waals surface area contributed by atoms with Crippen LogP contribution >= 0.6 is 35.6 Å². The average Bonchev–Trinajstić information content (AvgIpc) is 2.54. The molecule has 0 aliphatic carbocycles. The van der Waals surface area contributed by atoms with Crippen LogP contribution in [0.2, 0.25) is 10.0 Å². The van der Waals surface area contributed by atoms with Crippen molar-refractivity contribution < 1.29 is 4.79 Å². The number of hydrogen-bond donors (Lipinski definition) is 3. The topological polar surface area (TPSA) is 107 Å². The number of anilines is 1. The highest BCUT2D eigenvalue weighted by atomic mass is 35.5. The van der Waals surface area contributed by atoms with Gasteiger partial charge in [-0.15, -0.1) is 22.6 Å². The summed E-state index contributed by atoms with van der Waals surface area (Å²) in [6.45, 7) is 0.127. The molecule has 0 fully saturated rings. The first-order valence-corrected chi connectivity index (χ1v) is 7.20. The standard InChI is InChI=1S/C13H13Cl2N7O.ClH/c1-17-13(23)19-12(16)22(7-8-5-6-18-21-20-8)11-9(14)3-2-4-10(11)15;/h2-6H,7H2,1H3,(H3,16,17,19,23);1H. The molecular formula is C13H14Cl3N7O. The summed E-state index contributed by atoms with van der Waals surface area (Å²) in [6.07, 6.45) is 1.48. The van der Waals surface area contributed by atoms with Crippen molar-refractivity contribution in [2.75, 3.05) is 11.9 Å². The lowest BCUT2D eigenvalue weighted by Crippen LogP contribution is -2.46. The van der Waals surface area contributed by atoms with Gasteiger partial charge in [-0.3, -0.25) is 10.7 Å². The molecule has 0 radical (unpaired) electrons.